The Hall–Kier alpha value is -1.25. The highest BCUT2D eigenvalue weighted by Gasteiger charge is 2.21. The second-order valence-electron chi connectivity index (χ2n) is 17.8. The molecule has 1 unspecified atom stereocenters. The normalized spacial score (nSPS) is 13.6. The monoisotopic (exact) mass is 844 g/mol. The van der Waals surface area contributed by atoms with Crippen molar-refractivity contribution in [2.75, 3.05) is 47.5 Å². The number of quaternary nitrogens is 1. The molecule has 0 saturated heterocycles. The SMILES string of the molecule is CCCCCCCC/C=C/CCCCCCCCCC(=O)OC[C@H](COP(=O)([O-])OCC[N+](C)(C)C)OC(=O)CCCCCCCCCCCCCCCCCCC. The molecule has 0 saturated carbocycles. The van der Waals surface area contributed by atoms with Crippen LogP contribution in [-0.2, 0) is 32.7 Å². The van der Waals surface area contributed by atoms with Gasteiger partial charge >= 0.3 is 11.9 Å². The zero-order valence-electron chi connectivity index (χ0n) is 38.8. The fraction of sp³-hybridized carbons (Fsp3) is 0.917. The van der Waals surface area contributed by atoms with E-state index >= 15 is 0 Å². The highest BCUT2D eigenvalue weighted by Crippen LogP contribution is 2.38. The minimum absolute atomic E-state index is 0.0280. The molecule has 0 heterocycles. The molecule has 0 N–H and O–H groups in total. The number of hydrogen-bond acceptors (Lipinski definition) is 8. The highest BCUT2D eigenvalue weighted by molar-refractivity contribution is 7.45. The van der Waals surface area contributed by atoms with E-state index in [2.05, 4.69) is 26.0 Å². The molecule has 0 aromatic carbocycles. The number of hydrogen-bond donors (Lipinski definition) is 0. The number of ether oxygens (including phenoxy) is 2. The van der Waals surface area contributed by atoms with Crippen molar-refractivity contribution in [1.82, 2.24) is 0 Å². The summed E-state index contributed by atoms with van der Waals surface area (Å²) < 4.78 is 34.0. The number of nitrogens with zero attached hydrogens (tertiary/aromatic N) is 1. The molecule has 0 aliphatic rings. The van der Waals surface area contributed by atoms with Crippen LogP contribution in [0.5, 0.6) is 0 Å². The Kier molecular flexibility index (Phi) is 40.2. The average Bonchev–Trinajstić information content (AvgIpc) is 3.17. The van der Waals surface area contributed by atoms with Crippen molar-refractivity contribution < 1.29 is 42.1 Å². The van der Waals surface area contributed by atoms with Crippen molar-refractivity contribution in [2.45, 2.75) is 238 Å². The first kappa shape index (κ1) is 56.8. The molecule has 0 radical (unpaired) electrons. The predicted octanol–water partition coefficient (Wildman–Crippen LogP) is 13.5. The minimum atomic E-state index is -4.62. The van der Waals surface area contributed by atoms with Crippen LogP contribution in [0.2, 0.25) is 0 Å². The van der Waals surface area contributed by atoms with E-state index in [1.807, 2.05) is 21.1 Å². The fourth-order valence-electron chi connectivity index (χ4n) is 6.95. The van der Waals surface area contributed by atoms with Gasteiger partial charge in [0.15, 0.2) is 6.10 Å². The first-order valence-corrected chi connectivity index (χ1v) is 25.9. The first-order valence-electron chi connectivity index (χ1n) is 24.4. The number of likely N-dealkylation sites (N-methyl/N-ethyl adjacent to an activating group) is 1. The molecule has 0 aromatic rings. The second kappa shape index (κ2) is 41.1. The van der Waals surface area contributed by atoms with Crippen molar-refractivity contribution in [2.24, 2.45) is 0 Å². The van der Waals surface area contributed by atoms with E-state index < -0.39 is 26.5 Å². The topological polar surface area (TPSA) is 111 Å². The van der Waals surface area contributed by atoms with Crippen LogP contribution in [0.1, 0.15) is 232 Å². The van der Waals surface area contributed by atoms with Crippen LogP contribution in [0, 0.1) is 0 Å². The van der Waals surface area contributed by atoms with Gasteiger partial charge in [0.05, 0.1) is 27.7 Å². The molecule has 2 atom stereocenters. The van der Waals surface area contributed by atoms with Gasteiger partial charge in [0.2, 0.25) is 0 Å². The molecule has 344 valence electrons. The molecule has 0 fully saturated rings. The van der Waals surface area contributed by atoms with E-state index in [9.17, 15) is 19.0 Å². The van der Waals surface area contributed by atoms with Gasteiger partial charge in [-0.3, -0.25) is 14.2 Å². The van der Waals surface area contributed by atoms with Gasteiger partial charge in [0.25, 0.3) is 7.82 Å². The van der Waals surface area contributed by atoms with Gasteiger partial charge < -0.3 is 27.9 Å². The lowest BCUT2D eigenvalue weighted by molar-refractivity contribution is -0.870. The van der Waals surface area contributed by atoms with Gasteiger partial charge in [-0.1, -0.05) is 193 Å². The number of phosphoric ester groups is 1. The number of unbranched alkanes of at least 4 members (excludes halogenated alkanes) is 29. The number of phosphoric acid groups is 1. The third-order valence-corrected chi connectivity index (χ3v) is 11.7. The lowest BCUT2D eigenvalue weighted by atomic mass is 10.0. The molecule has 10 heteroatoms. The maximum absolute atomic E-state index is 12.7. The van der Waals surface area contributed by atoms with Crippen LogP contribution >= 0.6 is 7.82 Å². The summed E-state index contributed by atoms with van der Waals surface area (Å²) in [4.78, 5) is 37.6. The summed E-state index contributed by atoms with van der Waals surface area (Å²) in [7, 11) is 1.18. The van der Waals surface area contributed by atoms with E-state index in [4.69, 9.17) is 18.5 Å². The number of carbonyl (C=O) groups is 2. The minimum Gasteiger partial charge on any atom is -0.756 e. The summed E-state index contributed by atoms with van der Waals surface area (Å²) >= 11 is 0. The number of rotatable bonds is 45. The van der Waals surface area contributed by atoms with E-state index in [0.717, 1.165) is 38.5 Å². The summed E-state index contributed by atoms with van der Waals surface area (Å²) in [5.41, 5.74) is 0. The summed E-state index contributed by atoms with van der Waals surface area (Å²) in [6.07, 6.45) is 43.7. The van der Waals surface area contributed by atoms with Gasteiger partial charge in [0.1, 0.15) is 19.8 Å². The molecular weight excluding hydrogens is 750 g/mol. The number of allylic oxidation sites excluding steroid dienone is 2. The summed E-state index contributed by atoms with van der Waals surface area (Å²) in [5, 5.41) is 0. The largest absolute Gasteiger partial charge is 0.756 e. The Morgan fingerprint density at radius 2 is 0.879 bits per heavy atom. The van der Waals surface area contributed by atoms with Gasteiger partial charge in [-0.2, -0.15) is 0 Å². The van der Waals surface area contributed by atoms with E-state index in [-0.39, 0.29) is 32.0 Å². The zero-order valence-corrected chi connectivity index (χ0v) is 39.7. The fourth-order valence-corrected chi connectivity index (χ4v) is 7.67. The predicted molar refractivity (Wildman–Crippen MR) is 241 cm³/mol. The van der Waals surface area contributed by atoms with Crippen molar-refractivity contribution in [3.63, 3.8) is 0 Å². The Bertz CT molecular complexity index is 1000. The second-order valence-corrected chi connectivity index (χ2v) is 19.2. The maximum atomic E-state index is 12.7. The third kappa shape index (κ3) is 44.3. The Morgan fingerprint density at radius 1 is 0.517 bits per heavy atom. The van der Waals surface area contributed by atoms with Crippen LogP contribution in [0.15, 0.2) is 12.2 Å². The van der Waals surface area contributed by atoms with Crippen LogP contribution in [0.25, 0.3) is 0 Å². The van der Waals surface area contributed by atoms with Crippen molar-refractivity contribution in [3.8, 4) is 0 Å². The van der Waals surface area contributed by atoms with Crippen LogP contribution in [0.4, 0.5) is 0 Å². The van der Waals surface area contributed by atoms with Gasteiger partial charge in [-0.05, 0) is 38.5 Å². The Morgan fingerprint density at radius 3 is 1.28 bits per heavy atom. The molecular formula is C48H94NO8P. The van der Waals surface area contributed by atoms with Crippen LogP contribution < -0.4 is 4.89 Å². The quantitative estimate of drug-likeness (QED) is 0.0196. The first-order chi connectivity index (χ1) is 28.0. The lowest BCUT2D eigenvalue weighted by Crippen LogP contribution is -2.37. The van der Waals surface area contributed by atoms with Crippen LogP contribution in [0.3, 0.4) is 0 Å². The van der Waals surface area contributed by atoms with Crippen molar-refractivity contribution in [3.05, 3.63) is 12.2 Å². The smallest absolute Gasteiger partial charge is 0.306 e. The summed E-state index contributed by atoms with van der Waals surface area (Å²) in [6.45, 7) is 4.26. The van der Waals surface area contributed by atoms with Gasteiger partial charge in [-0.25, -0.2) is 0 Å². The van der Waals surface area contributed by atoms with Gasteiger partial charge in [-0.15, -0.1) is 0 Å². The third-order valence-electron chi connectivity index (χ3n) is 10.8. The number of carbonyl (C=O) groups excluding carboxylic acids is 2. The molecule has 58 heavy (non-hydrogen) atoms. The molecule has 0 aromatic heterocycles. The molecule has 0 spiro atoms. The Labute approximate surface area is 358 Å². The van der Waals surface area contributed by atoms with E-state index in [0.29, 0.717) is 17.4 Å². The number of esters is 2. The zero-order chi connectivity index (χ0) is 42.8. The Balaban J connectivity index is 4.27. The molecule has 0 amide bonds. The van der Waals surface area contributed by atoms with E-state index in [1.165, 1.54) is 161 Å². The molecule has 0 rings (SSSR count). The van der Waals surface area contributed by atoms with E-state index in [1.54, 1.807) is 0 Å². The average molecular weight is 844 g/mol. The van der Waals surface area contributed by atoms with Gasteiger partial charge in [0, 0.05) is 12.8 Å². The summed E-state index contributed by atoms with van der Waals surface area (Å²) in [5.74, 6) is -0.826. The molecule has 0 aliphatic heterocycles. The molecule has 9 nitrogen and oxygen atoms in total. The summed E-state index contributed by atoms with van der Waals surface area (Å²) in [6, 6.07) is 0. The van der Waals surface area contributed by atoms with Crippen molar-refractivity contribution in [1.29, 1.82) is 0 Å². The molecule has 0 bridgehead atoms. The molecule has 0 aliphatic carbocycles. The highest BCUT2D eigenvalue weighted by atomic mass is 31.2. The van der Waals surface area contributed by atoms with Crippen LogP contribution in [-0.4, -0.2) is 70.0 Å². The standard InChI is InChI=1S/C48H94NO8P/c1-6-8-10-12-14-16-18-20-22-24-26-28-30-32-34-36-38-40-47(50)54-44-46(45-56-58(52,53)55-43-42-49(3,4)5)57-48(51)41-39-37-35-33-31-29-27-25-23-21-19-17-15-13-11-9-7-2/h20,22,46H,6-19,21,23-45H2,1-5H3/b22-20+/t46-/m1/s1. The van der Waals surface area contributed by atoms with Crippen molar-refractivity contribution >= 4 is 19.8 Å². The maximum Gasteiger partial charge on any atom is 0.306 e. The lowest BCUT2D eigenvalue weighted by Gasteiger charge is -2.28.